The van der Waals surface area contributed by atoms with E-state index in [1.807, 2.05) is 0 Å². The van der Waals surface area contributed by atoms with Crippen LogP contribution in [0, 0.1) is 10.8 Å². The van der Waals surface area contributed by atoms with Crippen LogP contribution >= 0.6 is 15.9 Å². The Hall–Kier alpha value is -0.340. The van der Waals surface area contributed by atoms with Crippen LogP contribution in [0.15, 0.2) is 28.7 Å². The molecule has 2 aliphatic carbocycles. The van der Waals surface area contributed by atoms with Crippen molar-refractivity contribution < 1.29 is 0 Å². The first-order valence-electron chi connectivity index (χ1n) is 7.34. The molecule has 0 unspecified atom stereocenters. The molecule has 0 heterocycles. The highest BCUT2D eigenvalue weighted by molar-refractivity contribution is 9.10. The van der Waals surface area contributed by atoms with Crippen molar-refractivity contribution in [3.8, 4) is 0 Å². The summed E-state index contributed by atoms with van der Waals surface area (Å²) in [5, 5.41) is 3.87. The molecule has 1 N–H and O–H groups in total. The van der Waals surface area contributed by atoms with Crippen LogP contribution in [0.2, 0.25) is 0 Å². The van der Waals surface area contributed by atoms with Gasteiger partial charge in [-0.3, -0.25) is 0 Å². The first-order chi connectivity index (χ1) is 8.82. The summed E-state index contributed by atoms with van der Waals surface area (Å²) in [4.78, 5) is 0. The van der Waals surface area contributed by atoms with E-state index >= 15 is 0 Å². The van der Waals surface area contributed by atoms with Gasteiger partial charge in [0.2, 0.25) is 0 Å². The van der Waals surface area contributed by atoms with Gasteiger partial charge in [0, 0.05) is 16.6 Å². The Labute approximate surface area is 125 Å². The first-order valence-corrected chi connectivity index (χ1v) is 8.13. The standard InChI is InChI=1S/C17H24BrN/c1-16(2)15(17(16,3)4)19-14-9-12(10-14)11-5-7-13(18)8-6-11/h5-8,12,14-15,19H,9-10H2,1-4H3. The Morgan fingerprint density at radius 3 is 2.00 bits per heavy atom. The van der Waals surface area contributed by atoms with Crippen molar-refractivity contribution in [2.75, 3.05) is 0 Å². The zero-order chi connectivity index (χ0) is 13.8. The van der Waals surface area contributed by atoms with Crippen molar-refractivity contribution in [3.63, 3.8) is 0 Å². The third-order valence-electron chi connectivity index (χ3n) is 5.90. The van der Waals surface area contributed by atoms with E-state index in [-0.39, 0.29) is 0 Å². The third kappa shape index (κ3) is 2.17. The predicted molar refractivity (Wildman–Crippen MR) is 84.4 cm³/mol. The molecule has 0 bridgehead atoms. The molecular formula is C17H24BrN. The van der Waals surface area contributed by atoms with Gasteiger partial charge in [0.15, 0.2) is 0 Å². The molecule has 2 heteroatoms. The average molecular weight is 322 g/mol. The van der Waals surface area contributed by atoms with Crippen LogP contribution in [-0.2, 0) is 0 Å². The fraction of sp³-hybridized carbons (Fsp3) is 0.647. The predicted octanol–water partition coefficient (Wildman–Crippen LogP) is 4.72. The molecule has 19 heavy (non-hydrogen) atoms. The van der Waals surface area contributed by atoms with Crippen molar-refractivity contribution in [2.24, 2.45) is 10.8 Å². The molecule has 0 aliphatic heterocycles. The SMILES string of the molecule is CC1(C)C(NC2CC(c3ccc(Br)cc3)C2)C1(C)C. The van der Waals surface area contributed by atoms with Crippen LogP contribution in [0.25, 0.3) is 0 Å². The summed E-state index contributed by atoms with van der Waals surface area (Å²) < 4.78 is 1.17. The lowest BCUT2D eigenvalue weighted by Gasteiger charge is -2.37. The van der Waals surface area contributed by atoms with Crippen molar-refractivity contribution in [1.29, 1.82) is 0 Å². The van der Waals surface area contributed by atoms with Crippen molar-refractivity contribution >= 4 is 15.9 Å². The van der Waals surface area contributed by atoms with E-state index < -0.39 is 0 Å². The summed E-state index contributed by atoms with van der Waals surface area (Å²) in [7, 11) is 0. The molecule has 2 saturated carbocycles. The second-order valence-corrected chi connectivity index (χ2v) is 8.38. The molecule has 0 radical (unpaired) electrons. The minimum absolute atomic E-state index is 0.454. The molecule has 104 valence electrons. The van der Waals surface area contributed by atoms with Gasteiger partial charge < -0.3 is 5.32 Å². The highest BCUT2D eigenvalue weighted by Gasteiger charge is 2.65. The van der Waals surface area contributed by atoms with E-state index in [1.165, 1.54) is 22.9 Å². The Kier molecular flexibility index (Phi) is 3.10. The molecule has 1 aromatic rings. The number of hydrogen-bond donors (Lipinski definition) is 1. The Bertz CT molecular complexity index is 455. The lowest BCUT2D eigenvalue weighted by molar-refractivity contribution is 0.275. The maximum absolute atomic E-state index is 3.87. The molecule has 2 aliphatic rings. The van der Waals surface area contributed by atoms with E-state index in [4.69, 9.17) is 0 Å². The fourth-order valence-electron chi connectivity index (χ4n) is 3.61. The lowest BCUT2D eigenvalue weighted by atomic mass is 9.76. The molecule has 3 rings (SSSR count). The highest BCUT2D eigenvalue weighted by Crippen LogP contribution is 2.63. The van der Waals surface area contributed by atoms with Crippen molar-refractivity contribution in [2.45, 2.75) is 58.5 Å². The van der Waals surface area contributed by atoms with E-state index in [1.54, 1.807) is 0 Å². The third-order valence-corrected chi connectivity index (χ3v) is 6.43. The molecule has 0 saturated heterocycles. The molecule has 2 fully saturated rings. The minimum Gasteiger partial charge on any atom is -0.310 e. The first kappa shape index (κ1) is 13.6. The summed E-state index contributed by atoms with van der Waals surface area (Å²) >= 11 is 3.50. The minimum atomic E-state index is 0.454. The smallest absolute Gasteiger partial charge is 0.0183 e. The molecule has 0 atom stereocenters. The van der Waals surface area contributed by atoms with E-state index in [0.717, 1.165) is 12.0 Å². The van der Waals surface area contributed by atoms with Gasteiger partial charge in [-0.1, -0.05) is 55.8 Å². The summed E-state index contributed by atoms with van der Waals surface area (Å²) in [5.41, 5.74) is 2.40. The van der Waals surface area contributed by atoms with Crippen molar-refractivity contribution in [1.82, 2.24) is 5.32 Å². The van der Waals surface area contributed by atoms with Crippen LogP contribution in [-0.4, -0.2) is 12.1 Å². The normalized spacial score (nSPS) is 31.8. The maximum Gasteiger partial charge on any atom is 0.0183 e. The number of rotatable bonds is 3. The van der Waals surface area contributed by atoms with Crippen LogP contribution in [0.5, 0.6) is 0 Å². The molecule has 0 spiro atoms. The Balaban J connectivity index is 1.53. The second-order valence-electron chi connectivity index (χ2n) is 7.46. The number of nitrogens with one attached hydrogen (secondary N) is 1. The van der Waals surface area contributed by atoms with Gasteiger partial charge in [0.05, 0.1) is 0 Å². The largest absolute Gasteiger partial charge is 0.310 e. The van der Waals surface area contributed by atoms with Crippen LogP contribution in [0.4, 0.5) is 0 Å². The zero-order valence-electron chi connectivity index (χ0n) is 12.3. The molecule has 0 amide bonds. The van der Waals surface area contributed by atoms with Gasteiger partial charge in [-0.15, -0.1) is 0 Å². The summed E-state index contributed by atoms with van der Waals surface area (Å²) in [6, 6.07) is 10.2. The summed E-state index contributed by atoms with van der Waals surface area (Å²) in [5.74, 6) is 0.760. The summed E-state index contributed by atoms with van der Waals surface area (Å²) in [6.45, 7) is 9.54. The van der Waals surface area contributed by atoms with Crippen LogP contribution < -0.4 is 5.32 Å². The van der Waals surface area contributed by atoms with Crippen LogP contribution in [0.3, 0.4) is 0 Å². The quantitative estimate of drug-likeness (QED) is 0.849. The Morgan fingerprint density at radius 1 is 1.00 bits per heavy atom. The van der Waals surface area contributed by atoms with Crippen LogP contribution in [0.1, 0.15) is 52.0 Å². The average Bonchev–Trinajstić information content (AvgIpc) is 2.66. The van der Waals surface area contributed by atoms with E-state index in [9.17, 15) is 0 Å². The van der Waals surface area contributed by atoms with E-state index in [0.29, 0.717) is 16.9 Å². The second kappa shape index (κ2) is 4.33. The Morgan fingerprint density at radius 2 is 1.53 bits per heavy atom. The molecule has 1 aromatic carbocycles. The van der Waals surface area contributed by atoms with Gasteiger partial charge in [0.25, 0.3) is 0 Å². The topological polar surface area (TPSA) is 12.0 Å². The van der Waals surface area contributed by atoms with Gasteiger partial charge >= 0.3 is 0 Å². The highest BCUT2D eigenvalue weighted by atomic mass is 79.9. The zero-order valence-corrected chi connectivity index (χ0v) is 13.9. The van der Waals surface area contributed by atoms with Crippen molar-refractivity contribution in [3.05, 3.63) is 34.3 Å². The summed E-state index contributed by atoms with van der Waals surface area (Å²) in [6.07, 6.45) is 2.59. The monoisotopic (exact) mass is 321 g/mol. The molecule has 1 nitrogen and oxygen atoms in total. The number of hydrogen-bond acceptors (Lipinski definition) is 1. The van der Waals surface area contributed by atoms with Gasteiger partial charge in [-0.2, -0.15) is 0 Å². The van der Waals surface area contributed by atoms with Gasteiger partial charge in [-0.25, -0.2) is 0 Å². The molecular weight excluding hydrogens is 298 g/mol. The molecule has 0 aromatic heterocycles. The maximum atomic E-state index is 3.87. The van der Waals surface area contributed by atoms with Gasteiger partial charge in [-0.05, 0) is 47.3 Å². The fourth-order valence-corrected chi connectivity index (χ4v) is 3.87. The lowest BCUT2D eigenvalue weighted by Crippen LogP contribution is -2.43. The van der Waals surface area contributed by atoms with E-state index in [2.05, 4.69) is 73.2 Å². The number of halogens is 1. The van der Waals surface area contributed by atoms with Gasteiger partial charge in [0.1, 0.15) is 0 Å². The number of benzene rings is 1.